The Labute approximate surface area is 309 Å². The molecule has 0 fully saturated rings. The molecule has 0 atom stereocenters. The highest BCUT2D eigenvalue weighted by Gasteiger charge is 2.23. The van der Waals surface area contributed by atoms with Crippen molar-refractivity contribution in [1.29, 1.82) is 0 Å². The molecule has 54 heavy (non-hydrogen) atoms. The average molecular weight is 751 g/mol. The monoisotopic (exact) mass is 750 g/mol. The second-order valence-corrected chi connectivity index (χ2v) is 12.2. The third kappa shape index (κ3) is 11.5. The van der Waals surface area contributed by atoms with E-state index >= 15 is 0 Å². The highest BCUT2D eigenvalue weighted by molar-refractivity contribution is 6.30. The summed E-state index contributed by atoms with van der Waals surface area (Å²) < 4.78 is 11.2. The molecule has 0 bridgehead atoms. The third-order valence-corrected chi connectivity index (χ3v) is 8.17. The van der Waals surface area contributed by atoms with Crippen molar-refractivity contribution in [3.05, 3.63) is 117 Å². The molecule has 0 aromatic carbocycles. The summed E-state index contributed by atoms with van der Waals surface area (Å²) in [5, 5.41) is 43.4. The Morgan fingerprint density at radius 1 is 0.519 bits per heavy atom. The summed E-state index contributed by atoms with van der Waals surface area (Å²) in [6.45, 7) is 3.22. The Morgan fingerprint density at radius 3 is 0.944 bits per heavy atom. The van der Waals surface area contributed by atoms with Gasteiger partial charge in [0.05, 0.1) is 39.3 Å². The molecule has 23 nitrogen and oxygen atoms in total. The largest absolute Gasteiger partial charge is 0.631 e. The smallest absolute Gasteiger partial charge is 0.402 e. The Morgan fingerprint density at radius 2 is 0.759 bits per heavy atom. The van der Waals surface area contributed by atoms with Gasteiger partial charge in [0.1, 0.15) is 35.7 Å². The van der Waals surface area contributed by atoms with Gasteiger partial charge in [-0.05, 0) is 19.8 Å². The molecule has 0 unspecified atom stereocenters. The van der Waals surface area contributed by atoms with Gasteiger partial charge in [0.15, 0.2) is 0 Å². The van der Waals surface area contributed by atoms with Crippen molar-refractivity contribution in [3.8, 4) is 0 Å². The molecule has 0 spiro atoms. The van der Waals surface area contributed by atoms with E-state index < -0.39 is 17.2 Å². The molecule has 0 aliphatic carbocycles. The first-order chi connectivity index (χ1) is 25.6. The van der Waals surface area contributed by atoms with Gasteiger partial charge >= 0.3 is 19.0 Å². The molecule has 6 aromatic heterocycles. The molecule has 3 N–H and O–H groups in total. The molecule has 6 heterocycles. The van der Waals surface area contributed by atoms with Crippen molar-refractivity contribution in [2.75, 3.05) is 0 Å². The van der Waals surface area contributed by atoms with Crippen LogP contribution < -0.4 is 0 Å². The Bertz CT molecular complexity index is 1880. The van der Waals surface area contributed by atoms with Crippen LogP contribution >= 0.6 is 0 Å². The van der Waals surface area contributed by atoms with Gasteiger partial charge in [-0.15, -0.1) is 0 Å². The predicted molar refractivity (Wildman–Crippen MR) is 191 cm³/mol. The Balaban J connectivity index is 0.000000219. The van der Waals surface area contributed by atoms with Crippen LogP contribution in [-0.2, 0) is 81.6 Å². The van der Waals surface area contributed by atoms with Crippen LogP contribution in [0.1, 0.15) is 34.9 Å². The van der Waals surface area contributed by atoms with Gasteiger partial charge in [-0.2, -0.15) is 0 Å². The SMILES string of the molecule is Cn1ccnc1CN(Cc1nccn1C)Cc1nc([N+](=O)[O-])cn1C.Cn1ccnc1CN(Cc1nccn1C)Cc1nc([N+](=O)[O-])cn1C.OB(O)O. The second kappa shape index (κ2) is 18.6. The van der Waals surface area contributed by atoms with Crippen LogP contribution in [0.4, 0.5) is 11.6 Å². The zero-order valence-corrected chi connectivity index (χ0v) is 30.7. The summed E-state index contributed by atoms with van der Waals surface area (Å²) in [6.07, 6.45) is 17.4. The number of hydrogen-bond acceptors (Lipinski definition) is 15. The van der Waals surface area contributed by atoms with E-state index in [0.29, 0.717) is 50.9 Å². The van der Waals surface area contributed by atoms with Crippen LogP contribution in [0.15, 0.2) is 62.0 Å². The van der Waals surface area contributed by atoms with E-state index in [-0.39, 0.29) is 11.6 Å². The number of nitro groups is 2. The minimum absolute atomic E-state index is 0.147. The maximum absolute atomic E-state index is 10.9. The average Bonchev–Trinajstić information content (AvgIpc) is 3.96. The van der Waals surface area contributed by atoms with Crippen molar-refractivity contribution < 1.29 is 24.9 Å². The predicted octanol–water partition coefficient (Wildman–Crippen LogP) is -0.0564. The number of rotatable bonds is 14. The zero-order valence-electron chi connectivity index (χ0n) is 30.7. The maximum Gasteiger partial charge on any atom is 0.631 e. The van der Waals surface area contributed by atoms with Gasteiger partial charge in [-0.25, -0.2) is 19.9 Å². The van der Waals surface area contributed by atoms with Crippen LogP contribution in [0.25, 0.3) is 0 Å². The molecule has 6 aromatic rings. The lowest BCUT2D eigenvalue weighted by molar-refractivity contribution is -0.389. The zero-order chi connectivity index (χ0) is 39.5. The molecule has 0 saturated heterocycles. The van der Waals surface area contributed by atoms with E-state index in [1.165, 1.54) is 12.4 Å². The first-order valence-electron chi connectivity index (χ1n) is 16.3. The molecule has 0 radical (unpaired) electrons. The van der Waals surface area contributed by atoms with Crippen molar-refractivity contribution >= 4 is 19.0 Å². The fraction of sp³-hybridized carbons (Fsp3) is 0.400. The second-order valence-electron chi connectivity index (χ2n) is 12.2. The molecule has 288 valence electrons. The lowest BCUT2D eigenvalue weighted by atomic mass is 10.3. The lowest BCUT2D eigenvalue weighted by Gasteiger charge is -2.20. The van der Waals surface area contributed by atoms with Crippen LogP contribution in [0.3, 0.4) is 0 Å². The van der Waals surface area contributed by atoms with Gasteiger partial charge in [0, 0.05) is 91.9 Å². The molecule has 0 aliphatic rings. The molecule has 0 amide bonds. The van der Waals surface area contributed by atoms with Crippen LogP contribution in [0.5, 0.6) is 0 Å². The van der Waals surface area contributed by atoms with E-state index in [2.05, 4.69) is 39.7 Å². The minimum Gasteiger partial charge on any atom is -0.402 e. The number of nitrogens with zero attached hydrogens (tertiary/aromatic N) is 16. The fourth-order valence-corrected chi connectivity index (χ4v) is 5.18. The Hall–Kier alpha value is -6.08. The summed E-state index contributed by atoms with van der Waals surface area (Å²) >= 11 is 0. The van der Waals surface area contributed by atoms with Crippen LogP contribution in [-0.4, -0.2) is 99.3 Å². The molecule has 0 saturated carbocycles. The number of hydrogen-bond donors (Lipinski definition) is 3. The number of imidazole rings is 6. The highest BCUT2D eigenvalue weighted by atomic mass is 16.6. The molecule has 6 rings (SSSR count). The van der Waals surface area contributed by atoms with E-state index in [0.717, 1.165) is 23.3 Å². The van der Waals surface area contributed by atoms with Gasteiger partial charge in [0.25, 0.3) is 0 Å². The Kier molecular flexibility index (Phi) is 14.0. The normalized spacial score (nSPS) is 11.0. The maximum atomic E-state index is 10.9. The first kappa shape index (κ1) is 40.7. The van der Waals surface area contributed by atoms with Crippen molar-refractivity contribution in [3.63, 3.8) is 0 Å². The summed E-state index contributed by atoms with van der Waals surface area (Å²) in [5.41, 5.74) is 0. The lowest BCUT2D eigenvalue weighted by Crippen LogP contribution is -2.26. The third-order valence-electron chi connectivity index (χ3n) is 8.17. The van der Waals surface area contributed by atoms with Gasteiger partial charge in [-0.3, -0.25) is 9.80 Å². The summed E-state index contributed by atoms with van der Waals surface area (Å²) in [5.74, 6) is 4.55. The molecule has 24 heteroatoms. The van der Waals surface area contributed by atoms with Crippen LogP contribution in [0, 0.1) is 20.2 Å². The van der Waals surface area contributed by atoms with Crippen molar-refractivity contribution in [2.45, 2.75) is 39.3 Å². The topological polar surface area (TPSA) is 260 Å². The summed E-state index contributed by atoms with van der Waals surface area (Å²) in [4.78, 5) is 50.8. The van der Waals surface area contributed by atoms with Gasteiger partial charge < -0.3 is 62.7 Å². The molecule has 0 aliphatic heterocycles. The molecular formula is C30H43BN16O7. The van der Waals surface area contributed by atoms with Crippen molar-refractivity contribution in [1.82, 2.24) is 67.1 Å². The standard InChI is InChI=1S/2C15H20N8O2.BH3O3/c2*1-19-6-4-16-12(19)9-22(10-13-17-5-7-20(13)2)11-14-18-15(23(24)25)8-21(14)3;2-1(3)4/h2*4-8H,9-11H2,1-3H3;2-4H. The van der Waals surface area contributed by atoms with Gasteiger partial charge in [0.2, 0.25) is 11.6 Å². The van der Waals surface area contributed by atoms with Gasteiger partial charge in [-0.1, -0.05) is 0 Å². The number of aryl methyl sites for hydroxylation is 6. The fourth-order valence-electron chi connectivity index (χ4n) is 5.18. The minimum atomic E-state index is -2.17. The summed E-state index contributed by atoms with van der Waals surface area (Å²) in [7, 11) is 9.10. The van der Waals surface area contributed by atoms with Crippen LogP contribution in [0.2, 0.25) is 0 Å². The first-order valence-corrected chi connectivity index (χ1v) is 16.3. The quantitative estimate of drug-likeness (QED) is 0.0749. The van der Waals surface area contributed by atoms with E-state index in [9.17, 15) is 20.2 Å². The highest BCUT2D eigenvalue weighted by Crippen LogP contribution is 2.17. The van der Waals surface area contributed by atoms with Crippen molar-refractivity contribution in [2.24, 2.45) is 42.3 Å². The van der Waals surface area contributed by atoms with E-state index in [1.54, 1.807) is 48.0 Å². The van der Waals surface area contributed by atoms with E-state index in [1.807, 2.05) is 71.2 Å². The summed E-state index contributed by atoms with van der Waals surface area (Å²) in [6, 6.07) is 0. The molecular weight excluding hydrogens is 707 g/mol. The van der Waals surface area contributed by atoms with E-state index in [4.69, 9.17) is 15.1 Å². The number of aromatic nitrogens is 12.